The van der Waals surface area contributed by atoms with Crippen molar-refractivity contribution in [3.05, 3.63) is 53.2 Å². The Morgan fingerprint density at radius 2 is 1.83 bits per heavy atom. The van der Waals surface area contributed by atoms with E-state index >= 15 is 0 Å². The van der Waals surface area contributed by atoms with Gasteiger partial charge in [0.25, 0.3) is 0 Å². The fraction of sp³-hybridized carbons (Fsp3) is 0.267. The van der Waals surface area contributed by atoms with Gasteiger partial charge in [0.15, 0.2) is 0 Å². The molecule has 0 radical (unpaired) electrons. The molecule has 1 heterocycles. The summed E-state index contributed by atoms with van der Waals surface area (Å²) in [4.78, 5) is 4.30. The SMILES string of the molecule is CCc1ccc(CNc2cc(N)c(C)cn2)cc1. The minimum absolute atomic E-state index is 0.763. The second-order valence-electron chi connectivity index (χ2n) is 4.45. The van der Waals surface area contributed by atoms with Crippen molar-refractivity contribution in [3.63, 3.8) is 0 Å². The van der Waals surface area contributed by atoms with Crippen LogP contribution in [0, 0.1) is 6.92 Å². The number of aromatic nitrogens is 1. The van der Waals surface area contributed by atoms with Crippen LogP contribution in [0.4, 0.5) is 11.5 Å². The molecule has 94 valence electrons. The Hall–Kier alpha value is -2.03. The molecule has 0 spiro atoms. The number of aryl methyl sites for hydroxylation is 2. The average Bonchev–Trinajstić information content (AvgIpc) is 2.41. The zero-order valence-electron chi connectivity index (χ0n) is 10.9. The summed E-state index contributed by atoms with van der Waals surface area (Å²) in [5.74, 6) is 0.817. The van der Waals surface area contributed by atoms with Gasteiger partial charge in [-0.3, -0.25) is 0 Å². The molecule has 3 nitrogen and oxygen atoms in total. The molecule has 3 N–H and O–H groups in total. The maximum atomic E-state index is 5.85. The van der Waals surface area contributed by atoms with Crippen LogP contribution in [0.15, 0.2) is 36.5 Å². The van der Waals surface area contributed by atoms with E-state index in [1.54, 1.807) is 6.20 Å². The summed E-state index contributed by atoms with van der Waals surface area (Å²) in [6.07, 6.45) is 2.86. The number of nitrogens with two attached hydrogens (primary N) is 1. The molecule has 1 aromatic heterocycles. The van der Waals surface area contributed by atoms with E-state index in [0.29, 0.717) is 0 Å². The molecule has 0 aliphatic rings. The van der Waals surface area contributed by atoms with E-state index in [1.165, 1.54) is 11.1 Å². The average molecular weight is 241 g/mol. The number of benzene rings is 1. The van der Waals surface area contributed by atoms with Crippen LogP contribution in [-0.2, 0) is 13.0 Å². The highest BCUT2D eigenvalue weighted by Crippen LogP contribution is 2.14. The Labute approximate surface area is 108 Å². The van der Waals surface area contributed by atoms with E-state index in [9.17, 15) is 0 Å². The van der Waals surface area contributed by atoms with Crippen LogP contribution in [-0.4, -0.2) is 4.98 Å². The van der Waals surface area contributed by atoms with Crippen molar-refractivity contribution >= 4 is 11.5 Å². The Bertz CT molecular complexity index is 518. The van der Waals surface area contributed by atoms with Crippen LogP contribution in [0.5, 0.6) is 0 Å². The lowest BCUT2D eigenvalue weighted by Crippen LogP contribution is -2.02. The van der Waals surface area contributed by atoms with Crippen LogP contribution in [0.25, 0.3) is 0 Å². The van der Waals surface area contributed by atoms with Crippen LogP contribution in [0.1, 0.15) is 23.6 Å². The van der Waals surface area contributed by atoms with Crippen molar-refractivity contribution in [2.45, 2.75) is 26.8 Å². The Kier molecular flexibility index (Phi) is 3.82. The number of hydrogen-bond donors (Lipinski definition) is 2. The van der Waals surface area contributed by atoms with Crippen molar-refractivity contribution in [3.8, 4) is 0 Å². The van der Waals surface area contributed by atoms with Crippen molar-refractivity contribution in [1.82, 2.24) is 4.98 Å². The first kappa shape index (κ1) is 12.4. The van der Waals surface area contributed by atoms with Gasteiger partial charge in [-0.2, -0.15) is 0 Å². The van der Waals surface area contributed by atoms with E-state index in [-0.39, 0.29) is 0 Å². The van der Waals surface area contributed by atoms with Gasteiger partial charge < -0.3 is 11.1 Å². The van der Waals surface area contributed by atoms with Crippen LogP contribution >= 0.6 is 0 Å². The third-order valence-corrected chi connectivity index (χ3v) is 3.05. The van der Waals surface area contributed by atoms with Crippen LogP contribution in [0.2, 0.25) is 0 Å². The third kappa shape index (κ3) is 3.00. The van der Waals surface area contributed by atoms with Gasteiger partial charge in [-0.1, -0.05) is 31.2 Å². The van der Waals surface area contributed by atoms with Gasteiger partial charge in [-0.05, 0) is 30.0 Å². The summed E-state index contributed by atoms with van der Waals surface area (Å²) in [7, 11) is 0. The van der Waals surface area contributed by atoms with E-state index in [4.69, 9.17) is 5.73 Å². The molecule has 3 heteroatoms. The van der Waals surface area contributed by atoms with Gasteiger partial charge in [0.2, 0.25) is 0 Å². The van der Waals surface area contributed by atoms with E-state index in [1.807, 2.05) is 13.0 Å². The van der Waals surface area contributed by atoms with E-state index in [2.05, 4.69) is 41.5 Å². The first-order valence-corrected chi connectivity index (χ1v) is 6.23. The van der Waals surface area contributed by atoms with Crippen LogP contribution in [0.3, 0.4) is 0 Å². The number of pyridine rings is 1. The van der Waals surface area contributed by atoms with Crippen molar-refractivity contribution in [2.75, 3.05) is 11.1 Å². The highest BCUT2D eigenvalue weighted by molar-refractivity contribution is 5.53. The summed E-state index contributed by atoms with van der Waals surface area (Å²) in [6, 6.07) is 10.5. The van der Waals surface area contributed by atoms with Gasteiger partial charge in [-0.25, -0.2) is 4.98 Å². The molecule has 0 bridgehead atoms. The molecule has 0 saturated carbocycles. The third-order valence-electron chi connectivity index (χ3n) is 3.05. The van der Waals surface area contributed by atoms with Crippen LogP contribution < -0.4 is 11.1 Å². The summed E-state index contributed by atoms with van der Waals surface area (Å²) >= 11 is 0. The molecule has 0 amide bonds. The zero-order chi connectivity index (χ0) is 13.0. The second-order valence-corrected chi connectivity index (χ2v) is 4.45. The molecule has 0 unspecified atom stereocenters. The molecular formula is C15H19N3. The number of nitrogen functional groups attached to an aromatic ring is 1. The smallest absolute Gasteiger partial charge is 0.128 e. The molecule has 2 aromatic rings. The second kappa shape index (κ2) is 5.54. The molecule has 0 saturated heterocycles. The highest BCUT2D eigenvalue weighted by atomic mass is 15.0. The minimum atomic E-state index is 0.763. The summed E-state index contributed by atoms with van der Waals surface area (Å²) in [5, 5.41) is 3.28. The normalized spacial score (nSPS) is 10.3. The molecule has 2 rings (SSSR count). The lowest BCUT2D eigenvalue weighted by atomic mass is 10.1. The Balaban J connectivity index is 1.99. The van der Waals surface area contributed by atoms with Gasteiger partial charge in [0.05, 0.1) is 0 Å². The fourth-order valence-electron chi connectivity index (χ4n) is 1.72. The molecular weight excluding hydrogens is 222 g/mol. The predicted molar refractivity (Wildman–Crippen MR) is 76.5 cm³/mol. The van der Waals surface area contributed by atoms with Gasteiger partial charge in [-0.15, -0.1) is 0 Å². The highest BCUT2D eigenvalue weighted by Gasteiger charge is 1.99. The molecule has 1 aromatic carbocycles. The van der Waals surface area contributed by atoms with Crippen molar-refractivity contribution in [2.24, 2.45) is 0 Å². The summed E-state index contributed by atoms with van der Waals surface area (Å²) in [5.41, 5.74) is 10.2. The molecule has 0 aliphatic carbocycles. The number of rotatable bonds is 4. The van der Waals surface area contributed by atoms with Crippen molar-refractivity contribution in [1.29, 1.82) is 0 Å². The number of hydrogen-bond acceptors (Lipinski definition) is 3. The lowest BCUT2D eigenvalue weighted by molar-refractivity contribution is 1.09. The lowest BCUT2D eigenvalue weighted by Gasteiger charge is -2.08. The van der Waals surface area contributed by atoms with Gasteiger partial charge in [0.1, 0.15) is 5.82 Å². The standard InChI is InChI=1S/C15H19N3/c1-3-12-4-6-13(7-5-12)10-18-15-8-14(16)11(2)9-17-15/h4-9H,3,10H2,1-2H3,(H3,16,17,18). The first-order chi connectivity index (χ1) is 8.69. The Morgan fingerprint density at radius 3 is 2.44 bits per heavy atom. The maximum absolute atomic E-state index is 5.85. The largest absolute Gasteiger partial charge is 0.398 e. The van der Waals surface area contributed by atoms with E-state index in [0.717, 1.165) is 30.0 Å². The first-order valence-electron chi connectivity index (χ1n) is 6.23. The van der Waals surface area contributed by atoms with Crippen molar-refractivity contribution < 1.29 is 0 Å². The molecule has 18 heavy (non-hydrogen) atoms. The topological polar surface area (TPSA) is 50.9 Å². The number of nitrogens with zero attached hydrogens (tertiary/aromatic N) is 1. The molecule has 0 aliphatic heterocycles. The quantitative estimate of drug-likeness (QED) is 0.864. The zero-order valence-corrected chi connectivity index (χ0v) is 10.9. The molecule has 0 fully saturated rings. The number of nitrogens with one attached hydrogen (secondary N) is 1. The van der Waals surface area contributed by atoms with Gasteiger partial charge in [0, 0.05) is 24.5 Å². The number of anilines is 2. The molecule has 0 atom stereocenters. The summed E-state index contributed by atoms with van der Waals surface area (Å²) in [6.45, 7) is 4.88. The monoisotopic (exact) mass is 241 g/mol. The maximum Gasteiger partial charge on any atom is 0.128 e. The Morgan fingerprint density at radius 1 is 1.17 bits per heavy atom. The van der Waals surface area contributed by atoms with E-state index < -0.39 is 0 Å². The minimum Gasteiger partial charge on any atom is -0.398 e. The fourth-order valence-corrected chi connectivity index (χ4v) is 1.72. The van der Waals surface area contributed by atoms with Gasteiger partial charge >= 0.3 is 0 Å². The summed E-state index contributed by atoms with van der Waals surface area (Å²) < 4.78 is 0. The predicted octanol–water partition coefficient (Wildman–Crippen LogP) is 3.15.